The number of rotatable bonds is 9. The van der Waals surface area contributed by atoms with Crippen molar-refractivity contribution >= 4 is 34.2 Å². The minimum Gasteiger partial charge on any atom is -0.490 e. The lowest BCUT2D eigenvalue weighted by atomic mass is 10.1. The van der Waals surface area contributed by atoms with Crippen molar-refractivity contribution < 1.29 is 14.3 Å². The molecule has 3 N–H and O–H groups in total. The molecule has 1 rings (SSSR count). The highest BCUT2D eigenvalue weighted by atomic mass is 79.9. The molecule has 0 spiro atoms. The summed E-state index contributed by atoms with van der Waals surface area (Å²) in [7, 11) is 0. The monoisotopic (exact) mass is 408 g/mol. The molecule has 1 atom stereocenters. The standard InChI is InChI=1S/C16H25BrN2O3.ClH/c1-4-21-14-8-12(13(17)10-15(14)22-5-2)9-16(20)19-7-6-11(3)18;/h8,10-11H,4-7,9,18H2,1-3H3,(H,19,20);1H. The molecule has 0 fully saturated rings. The Kier molecular flexibility index (Phi) is 11.0. The molecule has 0 radical (unpaired) electrons. The maximum absolute atomic E-state index is 12.0. The van der Waals surface area contributed by atoms with E-state index in [0.717, 1.165) is 16.5 Å². The van der Waals surface area contributed by atoms with Crippen LogP contribution in [-0.4, -0.2) is 31.7 Å². The lowest BCUT2D eigenvalue weighted by Gasteiger charge is -2.14. The third kappa shape index (κ3) is 7.90. The maximum atomic E-state index is 12.0. The summed E-state index contributed by atoms with van der Waals surface area (Å²) >= 11 is 3.49. The Morgan fingerprint density at radius 2 is 1.83 bits per heavy atom. The van der Waals surface area contributed by atoms with Gasteiger partial charge in [-0.1, -0.05) is 15.9 Å². The fourth-order valence-electron chi connectivity index (χ4n) is 1.92. The zero-order valence-electron chi connectivity index (χ0n) is 13.9. The van der Waals surface area contributed by atoms with E-state index in [1.54, 1.807) is 0 Å². The van der Waals surface area contributed by atoms with Gasteiger partial charge in [-0.05, 0) is 44.9 Å². The van der Waals surface area contributed by atoms with E-state index in [-0.39, 0.29) is 30.8 Å². The smallest absolute Gasteiger partial charge is 0.224 e. The number of hydrogen-bond acceptors (Lipinski definition) is 4. The Bertz CT molecular complexity index is 498. The van der Waals surface area contributed by atoms with Crippen LogP contribution < -0.4 is 20.5 Å². The summed E-state index contributed by atoms with van der Waals surface area (Å²) in [5.41, 5.74) is 6.53. The summed E-state index contributed by atoms with van der Waals surface area (Å²) in [6, 6.07) is 3.78. The number of carbonyl (C=O) groups excluding carboxylic acids is 1. The van der Waals surface area contributed by atoms with Gasteiger partial charge in [-0.25, -0.2) is 0 Å². The molecule has 0 aliphatic rings. The van der Waals surface area contributed by atoms with Crippen molar-refractivity contribution in [2.24, 2.45) is 5.73 Å². The Morgan fingerprint density at radius 3 is 2.35 bits per heavy atom. The lowest BCUT2D eigenvalue weighted by Crippen LogP contribution is -2.30. The van der Waals surface area contributed by atoms with Gasteiger partial charge in [0.05, 0.1) is 19.6 Å². The van der Waals surface area contributed by atoms with Crippen LogP contribution in [-0.2, 0) is 11.2 Å². The molecular weight excluding hydrogens is 384 g/mol. The largest absolute Gasteiger partial charge is 0.490 e. The van der Waals surface area contributed by atoms with E-state index in [1.807, 2.05) is 32.9 Å². The van der Waals surface area contributed by atoms with Crippen molar-refractivity contribution in [2.75, 3.05) is 19.8 Å². The van der Waals surface area contributed by atoms with E-state index in [9.17, 15) is 4.79 Å². The van der Waals surface area contributed by atoms with Crippen LogP contribution in [0, 0.1) is 0 Å². The first-order valence-electron chi connectivity index (χ1n) is 7.58. The summed E-state index contributed by atoms with van der Waals surface area (Å²) in [5.74, 6) is 1.30. The van der Waals surface area contributed by atoms with Crippen molar-refractivity contribution in [3.8, 4) is 11.5 Å². The zero-order valence-corrected chi connectivity index (χ0v) is 16.3. The molecule has 1 aromatic carbocycles. The van der Waals surface area contributed by atoms with Crippen molar-refractivity contribution in [1.82, 2.24) is 5.32 Å². The molecule has 0 bridgehead atoms. The van der Waals surface area contributed by atoms with Crippen molar-refractivity contribution in [2.45, 2.75) is 39.7 Å². The number of amides is 1. The highest BCUT2D eigenvalue weighted by molar-refractivity contribution is 9.10. The number of halogens is 2. The van der Waals surface area contributed by atoms with Gasteiger partial charge >= 0.3 is 0 Å². The van der Waals surface area contributed by atoms with E-state index < -0.39 is 0 Å². The van der Waals surface area contributed by atoms with Crippen LogP contribution in [0.1, 0.15) is 32.8 Å². The molecule has 0 saturated carbocycles. The first-order chi connectivity index (χ1) is 10.5. The van der Waals surface area contributed by atoms with Crippen LogP contribution in [0.15, 0.2) is 16.6 Å². The second-order valence-electron chi connectivity index (χ2n) is 5.05. The summed E-state index contributed by atoms with van der Waals surface area (Å²) < 4.78 is 12.0. The molecule has 23 heavy (non-hydrogen) atoms. The molecular formula is C16H26BrClN2O3. The highest BCUT2D eigenvalue weighted by Crippen LogP contribution is 2.34. The van der Waals surface area contributed by atoms with Crippen LogP contribution in [0.4, 0.5) is 0 Å². The van der Waals surface area contributed by atoms with Crippen molar-refractivity contribution in [1.29, 1.82) is 0 Å². The van der Waals surface area contributed by atoms with Gasteiger partial charge in [0.25, 0.3) is 0 Å². The fraction of sp³-hybridized carbons (Fsp3) is 0.562. The van der Waals surface area contributed by atoms with Crippen molar-refractivity contribution in [3.63, 3.8) is 0 Å². The van der Waals surface area contributed by atoms with E-state index in [4.69, 9.17) is 15.2 Å². The van der Waals surface area contributed by atoms with Crippen LogP contribution in [0.3, 0.4) is 0 Å². The van der Waals surface area contributed by atoms with E-state index in [1.165, 1.54) is 0 Å². The van der Waals surface area contributed by atoms with Gasteiger partial charge in [0.2, 0.25) is 5.91 Å². The molecule has 0 aromatic heterocycles. The molecule has 0 saturated heterocycles. The minimum absolute atomic E-state index is 0. The topological polar surface area (TPSA) is 73.6 Å². The first-order valence-corrected chi connectivity index (χ1v) is 8.37. The third-order valence-corrected chi connectivity index (χ3v) is 3.72. The Labute approximate surface area is 152 Å². The predicted molar refractivity (Wildman–Crippen MR) is 98.7 cm³/mol. The van der Waals surface area contributed by atoms with E-state index >= 15 is 0 Å². The molecule has 7 heteroatoms. The Morgan fingerprint density at radius 1 is 1.26 bits per heavy atom. The van der Waals surface area contributed by atoms with Crippen molar-refractivity contribution in [3.05, 3.63) is 22.2 Å². The van der Waals surface area contributed by atoms with Gasteiger partial charge in [-0.2, -0.15) is 0 Å². The normalized spacial score (nSPS) is 11.3. The average molecular weight is 410 g/mol. The quantitative estimate of drug-likeness (QED) is 0.657. The van der Waals surface area contributed by atoms with Gasteiger partial charge in [-0.3, -0.25) is 4.79 Å². The van der Waals surface area contributed by atoms with Crippen LogP contribution in [0.5, 0.6) is 11.5 Å². The number of nitrogens with one attached hydrogen (secondary N) is 1. The molecule has 0 aliphatic carbocycles. The minimum atomic E-state index is -0.0343. The predicted octanol–water partition coefficient (Wildman–Crippen LogP) is 3.06. The summed E-state index contributed by atoms with van der Waals surface area (Å²) in [4.78, 5) is 12.0. The number of hydrogen-bond donors (Lipinski definition) is 2. The molecule has 5 nitrogen and oxygen atoms in total. The number of nitrogens with two attached hydrogens (primary N) is 1. The zero-order chi connectivity index (χ0) is 16.5. The summed E-state index contributed by atoms with van der Waals surface area (Å²) in [5, 5.41) is 2.87. The molecule has 1 aromatic rings. The Balaban J connectivity index is 0.00000484. The third-order valence-electron chi connectivity index (χ3n) is 2.99. The van der Waals surface area contributed by atoms with Gasteiger partial charge in [-0.15, -0.1) is 12.4 Å². The SMILES string of the molecule is CCOc1cc(Br)c(CC(=O)NCCC(C)N)cc1OCC.Cl. The van der Waals surface area contributed by atoms with Gasteiger partial charge < -0.3 is 20.5 Å². The summed E-state index contributed by atoms with van der Waals surface area (Å²) in [6.07, 6.45) is 1.05. The molecule has 0 heterocycles. The number of benzene rings is 1. The average Bonchev–Trinajstić information content (AvgIpc) is 2.43. The van der Waals surface area contributed by atoms with Crippen LogP contribution in [0.2, 0.25) is 0 Å². The van der Waals surface area contributed by atoms with Crippen LogP contribution in [0.25, 0.3) is 0 Å². The van der Waals surface area contributed by atoms with E-state index in [2.05, 4.69) is 21.2 Å². The second-order valence-corrected chi connectivity index (χ2v) is 5.90. The second kappa shape index (κ2) is 11.5. The fourth-order valence-corrected chi connectivity index (χ4v) is 2.39. The lowest BCUT2D eigenvalue weighted by molar-refractivity contribution is -0.120. The van der Waals surface area contributed by atoms with Crippen LogP contribution >= 0.6 is 28.3 Å². The molecule has 0 aliphatic heterocycles. The maximum Gasteiger partial charge on any atom is 0.224 e. The summed E-state index contributed by atoms with van der Waals surface area (Å²) in [6.45, 7) is 7.44. The highest BCUT2D eigenvalue weighted by Gasteiger charge is 2.13. The number of carbonyl (C=O) groups is 1. The molecule has 1 unspecified atom stereocenters. The Hall–Kier alpha value is -0.980. The van der Waals surface area contributed by atoms with Gasteiger partial charge in [0.1, 0.15) is 0 Å². The van der Waals surface area contributed by atoms with Gasteiger partial charge in [0.15, 0.2) is 11.5 Å². The first kappa shape index (κ1) is 22.0. The molecule has 132 valence electrons. The van der Waals surface area contributed by atoms with Gasteiger partial charge in [0, 0.05) is 17.1 Å². The molecule has 1 amide bonds. The number of ether oxygens (including phenoxy) is 2. The van der Waals surface area contributed by atoms with E-state index in [0.29, 0.717) is 31.3 Å².